The fourth-order valence-electron chi connectivity index (χ4n) is 2.74. The molecule has 0 aliphatic heterocycles. The van der Waals surface area contributed by atoms with Crippen LogP contribution in [0.2, 0.25) is 0 Å². The van der Waals surface area contributed by atoms with Gasteiger partial charge in [0.15, 0.2) is 5.03 Å². The molecule has 1 amide bonds. The molecule has 0 atom stereocenters. The molecule has 0 aliphatic rings. The first-order valence-corrected chi connectivity index (χ1v) is 11.4. The van der Waals surface area contributed by atoms with Gasteiger partial charge in [0, 0.05) is 16.2 Å². The molecule has 9 heteroatoms. The average Bonchev–Trinajstić information content (AvgIpc) is 2.69. The normalized spacial score (nSPS) is 11.5. The molecular formula is C21H20BrN3O4S. The van der Waals surface area contributed by atoms with Crippen molar-refractivity contribution < 1.29 is 13.2 Å². The number of amides is 1. The van der Waals surface area contributed by atoms with Crippen molar-refractivity contribution >= 4 is 37.4 Å². The van der Waals surface area contributed by atoms with Crippen molar-refractivity contribution in [1.82, 2.24) is 9.78 Å². The molecule has 30 heavy (non-hydrogen) atoms. The number of hydrogen-bond acceptors (Lipinski definition) is 5. The van der Waals surface area contributed by atoms with Gasteiger partial charge in [-0.25, -0.2) is 13.1 Å². The summed E-state index contributed by atoms with van der Waals surface area (Å²) in [7, 11) is -3.93. The van der Waals surface area contributed by atoms with Crippen LogP contribution in [0, 0.1) is 0 Å². The second-order valence-corrected chi connectivity index (χ2v) is 9.77. The Labute approximate surface area is 182 Å². The predicted octanol–water partition coefficient (Wildman–Crippen LogP) is 3.60. The lowest BCUT2D eigenvalue weighted by Gasteiger charge is -2.10. The molecular weight excluding hydrogens is 470 g/mol. The van der Waals surface area contributed by atoms with E-state index < -0.39 is 27.8 Å². The molecule has 0 aliphatic carbocycles. The molecule has 0 bridgehead atoms. The fourth-order valence-corrected chi connectivity index (χ4v) is 4.33. The average molecular weight is 490 g/mol. The maximum absolute atomic E-state index is 12.9. The Balaban J connectivity index is 1.85. The van der Waals surface area contributed by atoms with Gasteiger partial charge in [-0.15, -0.1) is 0 Å². The van der Waals surface area contributed by atoms with E-state index in [-0.39, 0.29) is 15.8 Å². The van der Waals surface area contributed by atoms with Crippen LogP contribution in [0.5, 0.6) is 0 Å². The van der Waals surface area contributed by atoms with Gasteiger partial charge in [-0.1, -0.05) is 48.0 Å². The molecule has 1 N–H and O–H groups in total. The van der Waals surface area contributed by atoms with Gasteiger partial charge in [0.25, 0.3) is 5.56 Å². The summed E-state index contributed by atoms with van der Waals surface area (Å²) in [4.78, 5) is 24.5. The van der Waals surface area contributed by atoms with Crippen molar-refractivity contribution in [1.29, 1.82) is 0 Å². The zero-order chi connectivity index (χ0) is 21.9. The number of anilines is 1. The molecule has 0 saturated heterocycles. The minimum Gasteiger partial charge on any atom is -0.324 e. The van der Waals surface area contributed by atoms with E-state index in [1.54, 1.807) is 30.3 Å². The number of sulfone groups is 1. The smallest absolute Gasteiger partial charge is 0.267 e. The molecule has 3 rings (SSSR count). The highest BCUT2D eigenvalue weighted by Crippen LogP contribution is 2.21. The van der Waals surface area contributed by atoms with Gasteiger partial charge in [0.05, 0.1) is 4.90 Å². The number of benzene rings is 2. The van der Waals surface area contributed by atoms with Crippen LogP contribution in [0.15, 0.2) is 79.9 Å². The van der Waals surface area contributed by atoms with E-state index >= 15 is 0 Å². The van der Waals surface area contributed by atoms with Crippen LogP contribution in [-0.4, -0.2) is 24.1 Å². The lowest BCUT2D eigenvalue weighted by molar-refractivity contribution is -0.117. The Kier molecular flexibility index (Phi) is 6.52. The standard InChI is InChI=1S/C21H20BrN3O4S/c1-14(2)15-6-8-18(9-7-15)30(28,29)20-10-11-21(27)25(24-20)13-19(26)23-17-5-3-4-16(22)12-17/h3-12,14H,13H2,1-2H3,(H,23,26). The molecule has 1 aromatic heterocycles. The lowest BCUT2D eigenvalue weighted by Crippen LogP contribution is -2.30. The lowest BCUT2D eigenvalue weighted by atomic mass is 10.0. The maximum atomic E-state index is 12.9. The Morgan fingerprint density at radius 2 is 1.80 bits per heavy atom. The number of rotatable bonds is 6. The van der Waals surface area contributed by atoms with Crippen LogP contribution in [0.3, 0.4) is 0 Å². The Bertz CT molecular complexity index is 1240. The molecule has 0 unspecified atom stereocenters. The monoisotopic (exact) mass is 489 g/mol. The highest BCUT2D eigenvalue weighted by Gasteiger charge is 2.21. The van der Waals surface area contributed by atoms with E-state index in [9.17, 15) is 18.0 Å². The van der Waals surface area contributed by atoms with Gasteiger partial charge in [-0.2, -0.15) is 5.10 Å². The highest BCUT2D eigenvalue weighted by atomic mass is 79.9. The minimum atomic E-state index is -3.93. The summed E-state index contributed by atoms with van der Waals surface area (Å²) in [5, 5.41) is 6.27. The molecule has 156 valence electrons. The fraction of sp³-hybridized carbons (Fsp3) is 0.190. The number of halogens is 1. The van der Waals surface area contributed by atoms with Gasteiger partial charge in [-0.3, -0.25) is 9.59 Å². The van der Waals surface area contributed by atoms with Crippen molar-refractivity contribution in [3.05, 3.63) is 81.1 Å². The second kappa shape index (κ2) is 8.93. The number of carbonyl (C=O) groups is 1. The number of hydrogen-bond donors (Lipinski definition) is 1. The van der Waals surface area contributed by atoms with Crippen molar-refractivity contribution in [2.45, 2.75) is 36.2 Å². The van der Waals surface area contributed by atoms with E-state index in [1.807, 2.05) is 19.9 Å². The molecule has 1 heterocycles. The molecule has 0 spiro atoms. The number of nitrogens with zero attached hydrogens (tertiary/aromatic N) is 2. The van der Waals surface area contributed by atoms with Gasteiger partial charge in [-0.05, 0) is 47.9 Å². The largest absolute Gasteiger partial charge is 0.324 e. The second-order valence-electron chi connectivity index (χ2n) is 6.95. The first-order valence-electron chi connectivity index (χ1n) is 9.15. The highest BCUT2D eigenvalue weighted by molar-refractivity contribution is 9.10. The molecule has 0 fully saturated rings. The topological polar surface area (TPSA) is 98.1 Å². The summed E-state index contributed by atoms with van der Waals surface area (Å²) in [6, 6.07) is 15.7. The summed E-state index contributed by atoms with van der Waals surface area (Å²) in [5.74, 6) is -0.232. The predicted molar refractivity (Wildman–Crippen MR) is 117 cm³/mol. The van der Waals surface area contributed by atoms with E-state index in [4.69, 9.17) is 0 Å². The van der Waals surface area contributed by atoms with Crippen molar-refractivity contribution in [2.24, 2.45) is 0 Å². The molecule has 0 radical (unpaired) electrons. The van der Waals surface area contributed by atoms with Crippen LogP contribution in [0.25, 0.3) is 0 Å². The van der Waals surface area contributed by atoms with Crippen molar-refractivity contribution in [3.63, 3.8) is 0 Å². The van der Waals surface area contributed by atoms with Crippen LogP contribution >= 0.6 is 15.9 Å². The van der Waals surface area contributed by atoms with Crippen LogP contribution < -0.4 is 10.9 Å². The molecule has 2 aromatic carbocycles. The molecule has 7 nitrogen and oxygen atoms in total. The van der Waals surface area contributed by atoms with Crippen LogP contribution in [0.1, 0.15) is 25.3 Å². The number of aromatic nitrogens is 2. The molecule has 0 saturated carbocycles. The first-order chi connectivity index (χ1) is 14.2. The van der Waals surface area contributed by atoms with Crippen LogP contribution in [0.4, 0.5) is 5.69 Å². The third-order valence-corrected chi connectivity index (χ3v) is 6.53. The van der Waals surface area contributed by atoms with Crippen molar-refractivity contribution in [2.75, 3.05) is 5.32 Å². The maximum Gasteiger partial charge on any atom is 0.267 e. The number of carbonyl (C=O) groups excluding carboxylic acids is 1. The summed E-state index contributed by atoms with van der Waals surface area (Å²) < 4.78 is 27.4. The van der Waals surface area contributed by atoms with Gasteiger partial charge >= 0.3 is 0 Å². The van der Waals surface area contributed by atoms with Gasteiger partial charge < -0.3 is 5.32 Å². The Hall–Kier alpha value is -2.78. The zero-order valence-corrected chi connectivity index (χ0v) is 18.8. The summed E-state index contributed by atoms with van der Waals surface area (Å²) in [6.45, 7) is 3.61. The number of nitrogens with one attached hydrogen (secondary N) is 1. The Morgan fingerprint density at radius 3 is 2.43 bits per heavy atom. The zero-order valence-electron chi connectivity index (χ0n) is 16.4. The van der Waals surface area contributed by atoms with E-state index in [0.29, 0.717) is 5.69 Å². The third kappa shape index (κ3) is 5.03. The van der Waals surface area contributed by atoms with Crippen molar-refractivity contribution in [3.8, 4) is 0 Å². The Morgan fingerprint density at radius 1 is 1.10 bits per heavy atom. The van der Waals surface area contributed by atoms with Gasteiger partial charge in [0.2, 0.25) is 15.7 Å². The minimum absolute atomic E-state index is 0.0724. The quantitative estimate of drug-likeness (QED) is 0.570. The van der Waals surface area contributed by atoms with E-state index in [0.717, 1.165) is 26.9 Å². The SMILES string of the molecule is CC(C)c1ccc(S(=O)(=O)c2ccc(=O)n(CC(=O)Nc3cccc(Br)c3)n2)cc1. The summed E-state index contributed by atoms with van der Waals surface area (Å²) >= 11 is 3.31. The van der Waals surface area contributed by atoms with E-state index in [1.165, 1.54) is 12.1 Å². The summed E-state index contributed by atoms with van der Waals surface area (Å²) in [6.07, 6.45) is 0. The van der Waals surface area contributed by atoms with E-state index in [2.05, 4.69) is 26.3 Å². The first kappa shape index (κ1) is 21.9. The third-order valence-electron chi connectivity index (χ3n) is 4.38. The van der Waals surface area contributed by atoms with Gasteiger partial charge in [0.1, 0.15) is 6.54 Å². The van der Waals surface area contributed by atoms with Crippen LogP contribution in [-0.2, 0) is 21.2 Å². The summed E-state index contributed by atoms with van der Waals surface area (Å²) in [5.41, 5.74) is 0.973. The molecule has 3 aromatic rings.